The second-order valence-electron chi connectivity index (χ2n) is 11.5. The molecule has 0 aromatic heterocycles. The first-order valence-electron chi connectivity index (χ1n) is 15.2. The Labute approximate surface area is 236 Å². The Balaban J connectivity index is 3.15. The number of ether oxygens (including phenoxy) is 2. The van der Waals surface area contributed by atoms with Crippen LogP contribution in [0.5, 0.6) is 0 Å². The number of nitrogens with one attached hydrogen (secondary N) is 2. The third kappa shape index (κ3) is 14.6. The lowest BCUT2D eigenvalue weighted by Crippen LogP contribution is -2.53. The largest absolute Gasteiger partial charge is 0.464 e. The van der Waals surface area contributed by atoms with Gasteiger partial charge in [-0.15, -0.1) is 0 Å². The smallest absolute Gasteiger partial charge is 0.408 e. The van der Waals surface area contributed by atoms with Gasteiger partial charge in [0, 0.05) is 20.0 Å². The first-order chi connectivity index (χ1) is 18.6. The number of carbonyl (C=O) groups excluding carboxylic acids is 4. The molecule has 0 bridgehead atoms. The topological polar surface area (TPSA) is 114 Å². The average molecular weight is 554 g/mol. The standard InChI is InChI=1S/C30H55N3O6/c1-7-9-10-11-15-18-24-19-16-13-12-14-17-23(28(35)33(5)6)21-26(29(36)38-8-2)31-27(34)25(20-22(3)4)32-30(37)39-24/h22-26H,7-21H2,1-6H3,(H,31,34)(H,32,37)/t23?,24?,25-,26-/m0/s1. The van der Waals surface area contributed by atoms with Crippen LogP contribution in [0.1, 0.15) is 118 Å². The minimum absolute atomic E-state index is 0.0664. The maximum atomic E-state index is 13.4. The first-order valence-corrected chi connectivity index (χ1v) is 15.2. The maximum absolute atomic E-state index is 13.4. The number of alkyl carbamates (subject to hydrolysis) is 1. The molecule has 1 saturated heterocycles. The van der Waals surface area contributed by atoms with Crippen LogP contribution in [-0.4, -0.2) is 67.7 Å². The van der Waals surface area contributed by atoms with Crippen LogP contribution < -0.4 is 10.6 Å². The Morgan fingerprint density at radius 1 is 0.974 bits per heavy atom. The van der Waals surface area contributed by atoms with E-state index in [0.29, 0.717) is 12.8 Å². The summed E-state index contributed by atoms with van der Waals surface area (Å²) in [5.41, 5.74) is 0. The van der Waals surface area contributed by atoms with Crippen molar-refractivity contribution < 1.29 is 28.7 Å². The van der Waals surface area contributed by atoms with Crippen LogP contribution in [0.25, 0.3) is 0 Å². The zero-order valence-corrected chi connectivity index (χ0v) is 25.4. The number of hydrogen-bond donors (Lipinski definition) is 2. The van der Waals surface area contributed by atoms with Crippen molar-refractivity contribution in [2.24, 2.45) is 11.8 Å². The van der Waals surface area contributed by atoms with Crippen molar-refractivity contribution in [2.45, 2.75) is 136 Å². The molecule has 0 radical (unpaired) electrons. The van der Waals surface area contributed by atoms with Gasteiger partial charge in [0.25, 0.3) is 0 Å². The third-order valence-corrected chi connectivity index (χ3v) is 7.25. The SMILES string of the molecule is CCCCCCCC1CCCCCCC(C(=O)N(C)C)C[C@@H](C(=O)OCC)NC(=O)[C@H](CC(C)C)NC(=O)O1. The molecule has 0 aromatic carbocycles. The van der Waals surface area contributed by atoms with E-state index in [4.69, 9.17) is 9.47 Å². The van der Waals surface area contributed by atoms with Gasteiger partial charge in [-0.2, -0.15) is 0 Å². The van der Waals surface area contributed by atoms with E-state index in [9.17, 15) is 19.2 Å². The number of cyclic esters (lactones) is 1. The van der Waals surface area contributed by atoms with Crippen molar-refractivity contribution in [2.75, 3.05) is 20.7 Å². The quantitative estimate of drug-likeness (QED) is 0.263. The molecule has 0 saturated carbocycles. The third-order valence-electron chi connectivity index (χ3n) is 7.25. The molecule has 1 fully saturated rings. The van der Waals surface area contributed by atoms with Crippen molar-refractivity contribution in [1.82, 2.24) is 15.5 Å². The van der Waals surface area contributed by atoms with Gasteiger partial charge >= 0.3 is 12.1 Å². The molecule has 226 valence electrons. The number of nitrogens with zero attached hydrogens (tertiary/aromatic N) is 1. The lowest BCUT2D eigenvalue weighted by atomic mass is 9.91. The molecule has 2 unspecified atom stereocenters. The Kier molecular flexibility index (Phi) is 17.5. The van der Waals surface area contributed by atoms with Crippen LogP contribution in [0.3, 0.4) is 0 Å². The van der Waals surface area contributed by atoms with E-state index in [1.54, 1.807) is 21.0 Å². The van der Waals surface area contributed by atoms with Gasteiger partial charge in [0.15, 0.2) is 0 Å². The van der Waals surface area contributed by atoms with Crippen molar-refractivity contribution >= 4 is 23.9 Å². The molecule has 1 rings (SSSR count). The van der Waals surface area contributed by atoms with E-state index in [1.165, 1.54) is 24.2 Å². The molecule has 0 spiro atoms. The average Bonchev–Trinajstić information content (AvgIpc) is 2.87. The molecule has 0 aliphatic carbocycles. The summed E-state index contributed by atoms with van der Waals surface area (Å²) >= 11 is 0. The van der Waals surface area contributed by atoms with Gasteiger partial charge in [-0.1, -0.05) is 65.7 Å². The normalized spacial score (nSPS) is 23.9. The molecule has 0 aromatic rings. The minimum atomic E-state index is -0.984. The van der Waals surface area contributed by atoms with E-state index in [2.05, 4.69) is 17.6 Å². The molecule has 1 heterocycles. The lowest BCUT2D eigenvalue weighted by molar-refractivity contribution is -0.148. The van der Waals surface area contributed by atoms with Crippen LogP contribution >= 0.6 is 0 Å². The van der Waals surface area contributed by atoms with E-state index in [1.807, 2.05) is 13.8 Å². The molecule has 9 heteroatoms. The van der Waals surface area contributed by atoms with Crippen LogP contribution in [0.2, 0.25) is 0 Å². The second kappa shape index (κ2) is 19.7. The summed E-state index contributed by atoms with van der Waals surface area (Å²) in [6.07, 6.45) is 11.4. The number of rotatable bonds is 11. The molecule has 4 atom stereocenters. The Hall–Kier alpha value is -2.32. The highest BCUT2D eigenvalue weighted by Gasteiger charge is 2.33. The van der Waals surface area contributed by atoms with Crippen LogP contribution in [0.4, 0.5) is 4.79 Å². The summed E-state index contributed by atoms with van der Waals surface area (Å²) in [5, 5.41) is 5.56. The van der Waals surface area contributed by atoms with Crippen LogP contribution in [0, 0.1) is 11.8 Å². The van der Waals surface area contributed by atoms with E-state index in [-0.39, 0.29) is 31.0 Å². The molecular formula is C30H55N3O6. The monoisotopic (exact) mass is 553 g/mol. The molecule has 9 nitrogen and oxygen atoms in total. The predicted molar refractivity (Wildman–Crippen MR) is 153 cm³/mol. The second-order valence-corrected chi connectivity index (χ2v) is 11.5. The number of carbonyl (C=O) groups is 4. The zero-order valence-electron chi connectivity index (χ0n) is 25.4. The van der Waals surface area contributed by atoms with Crippen molar-refractivity contribution in [1.29, 1.82) is 0 Å². The number of hydrogen-bond acceptors (Lipinski definition) is 6. The summed E-state index contributed by atoms with van der Waals surface area (Å²) in [6.45, 7) is 7.99. The van der Waals surface area contributed by atoms with E-state index in [0.717, 1.165) is 51.4 Å². The summed E-state index contributed by atoms with van der Waals surface area (Å²) in [4.78, 5) is 53.7. The van der Waals surface area contributed by atoms with Crippen molar-refractivity contribution in [3.05, 3.63) is 0 Å². The number of unbranched alkanes of at least 4 members (excludes halogenated alkanes) is 4. The summed E-state index contributed by atoms with van der Waals surface area (Å²) in [5.74, 6) is -1.41. The number of esters is 1. The molecule has 1 aliphatic heterocycles. The summed E-state index contributed by atoms with van der Waals surface area (Å²) < 4.78 is 11.1. The highest BCUT2D eigenvalue weighted by atomic mass is 16.6. The number of amides is 3. The zero-order chi connectivity index (χ0) is 29.2. The highest BCUT2D eigenvalue weighted by Crippen LogP contribution is 2.22. The molecule has 39 heavy (non-hydrogen) atoms. The summed E-state index contributed by atoms with van der Waals surface area (Å²) in [6, 6.07) is -1.85. The molecule has 2 N–H and O–H groups in total. The van der Waals surface area contributed by atoms with Gasteiger partial charge in [-0.3, -0.25) is 9.59 Å². The van der Waals surface area contributed by atoms with Crippen molar-refractivity contribution in [3.8, 4) is 0 Å². The lowest BCUT2D eigenvalue weighted by Gasteiger charge is -2.28. The predicted octanol–water partition coefficient (Wildman–Crippen LogP) is 5.35. The van der Waals surface area contributed by atoms with Gasteiger partial charge in [0.2, 0.25) is 11.8 Å². The molecule has 3 amide bonds. The van der Waals surface area contributed by atoms with Gasteiger partial charge < -0.3 is 25.0 Å². The van der Waals surface area contributed by atoms with Crippen LogP contribution in [0.15, 0.2) is 0 Å². The highest BCUT2D eigenvalue weighted by molar-refractivity contribution is 5.90. The summed E-state index contributed by atoms with van der Waals surface area (Å²) in [7, 11) is 3.41. The van der Waals surface area contributed by atoms with Crippen LogP contribution in [-0.2, 0) is 23.9 Å². The fraction of sp³-hybridized carbons (Fsp3) is 0.867. The van der Waals surface area contributed by atoms with E-state index >= 15 is 0 Å². The van der Waals surface area contributed by atoms with Gasteiger partial charge in [0.1, 0.15) is 18.2 Å². The molecular weight excluding hydrogens is 498 g/mol. The first kappa shape index (κ1) is 34.7. The Bertz CT molecular complexity index is 742. The van der Waals surface area contributed by atoms with Crippen molar-refractivity contribution in [3.63, 3.8) is 0 Å². The Morgan fingerprint density at radius 3 is 2.26 bits per heavy atom. The maximum Gasteiger partial charge on any atom is 0.408 e. The Morgan fingerprint density at radius 2 is 1.64 bits per heavy atom. The van der Waals surface area contributed by atoms with Gasteiger partial charge in [-0.25, -0.2) is 9.59 Å². The molecule has 1 aliphatic rings. The van der Waals surface area contributed by atoms with Gasteiger partial charge in [0.05, 0.1) is 6.61 Å². The fourth-order valence-electron chi connectivity index (χ4n) is 5.11. The van der Waals surface area contributed by atoms with Gasteiger partial charge in [-0.05, 0) is 57.8 Å². The minimum Gasteiger partial charge on any atom is -0.464 e. The fourth-order valence-corrected chi connectivity index (χ4v) is 5.11. The van der Waals surface area contributed by atoms with E-state index < -0.39 is 36.0 Å².